The van der Waals surface area contributed by atoms with Crippen molar-refractivity contribution >= 4 is 38.6 Å². The zero-order valence-corrected chi connectivity index (χ0v) is 13.8. The van der Waals surface area contributed by atoms with Gasteiger partial charge in [-0.1, -0.05) is 13.8 Å². The number of hydrogen-bond acceptors (Lipinski definition) is 2. The number of benzene rings is 1. The van der Waals surface area contributed by atoms with Crippen LogP contribution in [0.2, 0.25) is 0 Å². The number of nitrogens with zero attached hydrogens (tertiary/aromatic N) is 2. The third-order valence-electron chi connectivity index (χ3n) is 2.90. The summed E-state index contributed by atoms with van der Waals surface area (Å²) in [6.45, 7) is 6.09. The Morgan fingerprint density at radius 3 is 2.85 bits per heavy atom. The van der Waals surface area contributed by atoms with Gasteiger partial charge in [0.15, 0.2) is 0 Å². The van der Waals surface area contributed by atoms with Crippen LogP contribution in [0.4, 0.5) is 4.39 Å². The Bertz CT molecular complexity index is 600. The van der Waals surface area contributed by atoms with Crippen molar-refractivity contribution in [3.8, 4) is 0 Å². The van der Waals surface area contributed by atoms with E-state index in [1.54, 1.807) is 6.07 Å². The molecule has 1 aromatic heterocycles. The van der Waals surface area contributed by atoms with E-state index in [0.29, 0.717) is 30.1 Å². The molecule has 0 saturated heterocycles. The molecular weight excluding hydrogens is 347 g/mol. The molecule has 20 heavy (non-hydrogen) atoms. The second-order valence-corrected chi connectivity index (χ2v) is 6.16. The molecule has 0 fully saturated rings. The molecule has 110 valence electrons. The highest BCUT2D eigenvalue weighted by atomic mass is 79.9. The van der Waals surface area contributed by atoms with Gasteiger partial charge in [-0.25, -0.2) is 9.37 Å². The molecule has 0 unspecified atom stereocenters. The Balaban J connectivity index is 2.23. The van der Waals surface area contributed by atoms with E-state index >= 15 is 0 Å². The van der Waals surface area contributed by atoms with E-state index in [1.807, 2.05) is 4.57 Å². The third-order valence-corrected chi connectivity index (χ3v) is 3.75. The van der Waals surface area contributed by atoms with Crippen LogP contribution in [-0.2, 0) is 17.2 Å². The zero-order valence-electron chi connectivity index (χ0n) is 11.5. The van der Waals surface area contributed by atoms with Crippen molar-refractivity contribution in [3.63, 3.8) is 0 Å². The monoisotopic (exact) mass is 362 g/mol. The van der Waals surface area contributed by atoms with Crippen LogP contribution in [0.5, 0.6) is 0 Å². The Morgan fingerprint density at radius 2 is 2.20 bits per heavy atom. The fourth-order valence-corrected chi connectivity index (χ4v) is 2.53. The van der Waals surface area contributed by atoms with Gasteiger partial charge in [0, 0.05) is 19.2 Å². The van der Waals surface area contributed by atoms with Crippen molar-refractivity contribution < 1.29 is 9.13 Å². The maximum absolute atomic E-state index is 13.7. The zero-order chi connectivity index (χ0) is 14.7. The highest BCUT2D eigenvalue weighted by Gasteiger charge is 2.12. The molecule has 0 atom stereocenters. The average Bonchev–Trinajstić information content (AvgIpc) is 2.72. The summed E-state index contributed by atoms with van der Waals surface area (Å²) in [4.78, 5) is 4.43. The van der Waals surface area contributed by atoms with Crippen LogP contribution >= 0.6 is 27.5 Å². The summed E-state index contributed by atoms with van der Waals surface area (Å²) in [5.74, 6) is 1.21. The summed E-state index contributed by atoms with van der Waals surface area (Å²) < 4.78 is 21.6. The first kappa shape index (κ1) is 15.7. The van der Waals surface area contributed by atoms with E-state index in [4.69, 9.17) is 16.3 Å². The first-order valence-corrected chi connectivity index (χ1v) is 7.83. The van der Waals surface area contributed by atoms with Crippen molar-refractivity contribution in [2.24, 2.45) is 5.92 Å². The van der Waals surface area contributed by atoms with E-state index < -0.39 is 0 Å². The largest absolute Gasteiger partial charge is 0.379 e. The van der Waals surface area contributed by atoms with Gasteiger partial charge in [-0.2, -0.15) is 0 Å². The van der Waals surface area contributed by atoms with Gasteiger partial charge in [0.2, 0.25) is 0 Å². The molecule has 1 heterocycles. The Hall–Kier alpha value is -0.650. The molecule has 0 radical (unpaired) electrons. The Labute approximate surface area is 131 Å². The Morgan fingerprint density at radius 1 is 1.45 bits per heavy atom. The van der Waals surface area contributed by atoms with Gasteiger partial charge < -0.3 is 9.30 Å². The first-order chi connectivity index (χ1) is 9.52. The summed E-state index contributed by atoms with van der Waals surface area (Å²) in [5.41, 5.74) is 1.48. The normalized spacial score (nSPS) is 11.7. The lowest BCUT2D eigenvalue weighted by molar-refractivity contribution is 0.103. The molecule has 0 bridgehead atoms. The van der Waals surface area contributed by atoms with Crippen molar-refractivity contribution in [1.29, 1.82) is 0 Å². The minimum absolute atomic E-state index is 0.290. The quantitative estimate of drug-likeness (QED) is 0.563. The number of ether oxygens (including phenoxy) is 1. The summed E-state index contributed by atoms with van der Waals surface area (Å²) in [6, 6.07) is 3.15. The van der Waals surface area contributed by atoms with E-state index in [1.165, 1.54) is 6.07 Å². The lowest BCUT2D eigenvalue weighted by atomic mass is 10.2. The van der Waals surface area contributed by atoms with Gasteiger partial charge in [-0.05, 0) is 27.9 Å². The summed E-state index contributed by atoms with van der Waals surface area (Å²) >= 11 is 9.09. The van der Waals surface area contributed by atoms with Gasteiger partial charge in [0.05, 0.1) is 28.0 Å². The van der Waals surface area contributed by atoms with Crippen molar-refractivity contribution in [2.45, 2.75) is 26.3 Å². The van der Waals surface area contributed by atoms with Crippen LogP contribution in [0.3, 0.4) is 0 Å². The first-order valence-electron chi connectivity index (χ1n) is 6.50. The van der Waals surface area contributed by atoms with Crippen LogP contribution in [-0.4, -0.2) is 22.8 Å². The fourth-order valence-electron chi connectivity index (χ4n) is 2.00. The standard InChI is InChI=1S/C14H17BrClFN2O/c1-9(2)8-20-4-3-19-13-6-11(17)10(15)5-12(13)18-14(19)7-16/h5-6,9H,3-4,7-8H2,1-2H3. The van der Waals surface area contributed by atoms with Gasteiger partial charge in [0.25, 0.3) is 0 Å². The number of aromatic nitrogens is 2. The molecule has 1 aromatic carbocycles. The van der Waals surface area contributed by atoms with Crippen molar-refractivity contribution in [2.75, 3.05) is 13.2 Å². The molecule has 2 aromatic rings. The lowest BCUT2D eigenvalue weighted by Crippen LogP contribution is -2.11. The smallest absolute Gasteiger partial charge is 0.139 e. The van der Waals surface area contributed by atoms with E-state index in [9.17, 15) is 4.39 Å². The predicted molar refractivity (Wildman–Crippen MR) is 82.6 cm³/mol. The summed E-state index contributed by atoms with van der Waals surface area (Å²) in [6.07, 6.45) is 0. The maximum atomic E-state index is 13.7. The van der Waals surface area contributed by atoms with Gasteiger partial charge in [0.1, 0.15) is 11.6 Å². The highest BCUT2D eigenvalue weighted by Crippen LogP contribution is 2.24. The molecule has 0 aliphatic rings. The van der Waals surface area contributed by atoms with Gasteiger partial charge >= 0.3 is 0 Å². The minimum Gasteiger partial charge on any atom is -0.379 e. The van der Waals surface area contributed by atoms with Crippen molar-refractivity contribution in [1.82, 2.24) is 9.55 Å². The highest BCUT2D eigenvalue weighted by molar-refractivity contribution is 9.10. The fraction of sp³-hybridized carbons (Fsp3) is 0.500. The van der Waals surface area contributed by atoms with Gasteiger partial charge in [-0.15, -0.1) is 11.6 Å². The molecular formula is C14H17BrClFN2O. The molecule has 0 saturated carbocycles. The second kappa shape index (κ2) is 6.87. The molecule has 0 N–H and O–H groups in total. The van der Waals surface area contributed by atoms with E-state index in [0.717, 1.165) is 16.9 Å². The molecule has 3 nitrogen and oxygen atoms in total. The number of halogens is 3. The lowest BCUT2D eigenvalue weighted by Gasteiger charge is -2.10. The number of fused-ring (bicyclic) bond motifs is 1. The number of imidazole rings is 1. The molecule has 0 amide bonds. The topological polar surface area (TPSA) is 27.1 Å². The number of hydrogen-bond donors (Lipinski definition) is 0. The number of rotatable bonds is 6. The Kier molecular flexibility index (Phi) is 5.41. The summed E-state index contributed by atoms with van der Waals surface area (Å²) in [7, 11) is 0. The number of alkyl halides is 1. The predicted octanol–water partition coefficient (Wildman–Crippen LogP) is 4.35. The minimum atomic E-state index is -0.303. The SMILES string of the molecule is CC(C)COCCn1c(CCl)nc2cc(Br)c(F)cc21. The van der Waals surface area contributed by atoms with E-state index in [-0.39, 0.29) is 11.7 Å². The van der Waals surface area contributed by atoms with Crippen LogP contribution in [0, 0.1) is 11.7 Å². The molecule has 6 heteroatoms. The van der Waals surface area contributed by atoms with Crippen molar-refractivity contribution in [3.05, 3.63) is 28.2 Å². The third kappa shape index (κ3) is 3.51. The summed E-state index contributed by atoms with van der Waals surface area (Å²) in [5, 5.41) is 0. The second-order valence-electron chi connectivity index (χ2n) is 5.04. The van der Waals surface area contributed by atoms with Crippen LogP contribution in [0.25, 0.3) is 11.0 Å². The van der Waals surface area contributed by atoms with Crippen LogP contribution < -0.4 is 0 Å². The van der Waals surface area contributed by atoms with E-state index in [2.05, 4.69) is 34.8 Å². The van der Waals surface area contributed by atoms with Gasteiger partial charge in [-0.3, -0.25) is 0 Å². The average molecular weight is 364 g/mol. The molecule has 0 spiro atoms. The molecule has 0 aliphatic heterocycles. The van der Waals surface area contributed by atoms with Crippen LogP contribution in [0.1, 0.15) is 19.7 Å². The maximum Gasteiger partial charge on any atom is 0.139 e. The van der Waals surface area contributed by atoms with Crippen LogP contribution in [0.15, 0.2) is 16.6 Å². The molecule has 2 rings (SSSR count). The molecule has 0 aliphatic carbocycles.